The first-order valence-corrected chi connectivity index (χ1v) is 5.13. The van der Waals surface area contributed by atoms with Gasteiger partial charge in [0.25, 0.3) is 0 Å². The number of allylic oxidation sites excluding steroid dienone is 2. The monoisotopic (exact) mass is 264 g/mol. The maximum Gasteiger partial charge on any atom is 0.174 e. The molecule has 0 amide bonds. The molecule has 0 aliphatic rings. The third kappa shape index (κ3) is 3.49. The maximum atomic E-state index is 8.71. The van der Waals surface area contributed by atoms with Crippen molar-refractivity contribution in [3.63, 3.8) is 0 Å². The number of hydrogen-bond donors (Lipinski definition) is 1. The molecule has 0 spiro atoms. The predicted molar refractivity (Wildman–Crippen MR) is 66.5 cm³/mol. The van der Waals surface area contributed by atoms with Gasteiger partial charge in [-0.15, -0.1) is 0 Å². The summed E-state index contributed by atoms with van der Waals surface area (Å²) in [4.78, 5) is 3.79. The molecule has 84 valence electrons. The number of nitrogens with zero attached hydrogens (tertiary/aromatic N) is 3. The lowest BCUT2D eigenvalue weighted by atomic mass is 10.2. The summed E-state index contributed by atoms with van der Waals surface area (Å²) in [6.07, 6.45) is 1.35. The van der Waals surface area contributed by atoms with Gasteiger partial charge >= 0.3 is 0 Å². The highest BCUT2D eigenvalue weighted by Gasteiger charge is 2.01. The predicted octanol–water partition coefficient (Wildman–Crippen LogP) is 2.63. The third-order valence-corrected chi connectivity index (χ3v) is 2.34. The Morgan fingerprint density at radius 2 is 2.00 bits per heavy atom. The summed E-state index contributed by atoms with van der Waals surface area (Å²) in [5.74, 6) is 0. The summed E-state index contributed by atoms with van der Waals surface area (Å²) in [6.45, 7) is 0. The molecule has 0 fully saturated rings. The van der Waals surface area contributed by atoms with Crippen LogP contribution in [-0.2, 0) is 0 Å². The van der Waals surface area contributed by atoms with Gasteiger partial charge in [-0.25, -0.2) is 4.99 Å². The Labute approximate surface area is 108 Å². The molecule has 17 heavy (non-hydrogen) atoms. The standard InChI is InChI=1S/C11H6Cl2N4/c12-8-2-1-7(9(13)3-8)6-17-11(5-15)10(16)4-14/h1-3,6H,16H2/b11-10+,17-6+. The van der Waals surface area contributed by atoms with E-state index in [2.05, 4.69) is 4.99 Å². The number of nitrogens with two attached hydrogens (primary N) is 1. The Morgan fingerprint density at radius 1 is 1.29 bits per heavy atom. The molecule has 6 heteroatoms. The zero-order valence-corrected chi connectivity index (χ0v) is 10.00. The van der Waals surface area contributed by atoms with E-state index in [9.17, 15) is 0 Å². The van der Waals surface area contributed by atoms with E-state index < -0.39 is 0 Å². The van der Waals surface area contributed by atoms with Gasteiger partial charge in [-0.1, -0.05) is 29.3 Å². The van der Waals surface area contributed by atoms with Crippen LogP contribution in [-0.4, -0.2) is 6.21 Å². The fraction of sp³-hybridized carbons (Fsp3) is 0. The Hall–Kier alpha value is -2.01. The molecule has 0 saturated heterocycles. The summed E-state index contributed by atoms with van der Waals surface area (Å²) < 4.78 is 0. The second-order valence-corrected chi connectivity index (χ2v) is 3.75. The minimum absolute atomic E-state index is 0.154. The van der Waals surface area contributed by atoms with E-state index in [1.165, 1.54) is 6.21 Å². The molecule has 1 aromatic carbocycles. The number of nitriles is 2. The van der Waals surface area contributed by atoms with E-state index >= 15 is 0 Å². The molecule has 1 rings (SSSR count). The lowest BCUT2D eigenvalue weighted by molar-refractivity contribution is 1.27. The van der Waals surface area contributed by atoms with Crippen molar-refractivity contribution in [3.05, 3.63) is 45.2 Å². The van der Waals surface area contributed by atoms with E-state index in [0.29, 0.717) is 15.6 Å². The van der Waals surface area contributed by atoms with E-state index in [1.807, 2.05) is 0 Å². The fourth-order valence-electron chi connectivity index (χ4n) is 0.952. The summed E-state index contributed by atoms with van der Waals surface area (Å²) in [6, 6.07) is 8.19. The number of benzene rings is 1. The maximum absolute atomic E-state index is 8.71. The molecule has 2 N–H and O–H groups in total. The quantitative estimate of drug-likeness (QED) is 0.658. The third-order valence-electron chi connectivity index (χ3n) is 1.78. The highest BCUT2D eigenvalue weighted by molar-refractivity contribution is 6.36. The van der Waals surface area contributed by atoms with Crippen LogP contribution in [0.5, 0.6) is 0 Å². The van der Waals surface area contributed by atoms with Crippen molar-refractivity contribution in [1.82, 2.24) is 0 Å². The van der Waals surface area contributed by atoms with Crippen LogP contribution in [0.4, 0.5) is 0 Å². The van der Waals surface area contributed by atoms with Crippen LogP contribution < -0.4 is 5.73 Å². The molecule has 0 saturated carbocycles. The average molecular weight is 265 g/mol. The van der Waals surface area contributed by atoms with E-state index in [1.54, 1.807) is 30.3 Å². The molecule has 0 bridgehead atoms. The first kappa shape index (κ1) is 13.1. The van der Waals surface area contributed by atoms with Crippen molar-refractivity contribution in [2.45, 2.75) is 0 Å². The summed E-state index contributed by atoms with van der Waals surface area (Å²) in [5, 5.41) is 18.1. The minimum Gasteiger partial charge on any atom is -0.388 e. The van der Waals surface area contributed by atoms with Crippen LogP contribution in [0.3, 0.4) is 0 Å². The number of aliphatic imine (C=N–C) groups is 1. The van der Waals surface area contributed by atoms with Gasteiger partial charge in [-0.05, 0) is 12.1 Å². The highest BCUT2D eigenvalue weighted by Crippen LogP contribution is 2.19. The van der Waals surface area contributed by atoms with Crippen molar-refractivity contribution in [2.24, 2.45) is 10.7 Å². The van der Waals surface area contributed by atoms with E-state index in [0.717, 1.165) is 0 Å². The largest absolute Gasteiger partial charge is 0.388 e. The van der Waals surface area contributed by atoms with Gasteiger partial charge in [-0.3, -0.25) is 0 Å². The van der Waals surface area contributed by atoms with Crippen LogP contribution >= 0.6 is 23.2 Å². The molecule has 4 nitrogen and oxygen atoms in total. The molecule has 0 aliphatic carbocycles. The number of halogens is 2. The second kappa shape index (κ2) is 5.91. The van der Waals surface area contributed by atoms with Crippen molar-refractivity contribution in [3.8, 4) is 12.1 Å². The summed E-state index contributed by atoms with van der Waals surface area (Å²) >= 11 is 11.6. The minimum atomic E-state index is -0.242. The van der Waals surface area contributed by atoms with E-state index in [4.69, 9.17) is 39.5 Å². The van der Waals surface area contributed by atoms with Gasteiger partial charge in [-0.2, -0.15) is 10.5 Å². The SMILES string of the molecule is N#C/C(N)=C(C#N)\N=C\c1ccc(Cl)cc1Cl. The number of rotatable bonds is 2. The Morgan fingerprint density at radius 3 is 2.53 bits per heavy atom. The smallest absolute Gasteiger partial charge is 0.174 e. The molecular formula is C11H6Cl2N4. The van der Waals surface area contributed by atoms with Gasteiger partial charge in [0.05, 0.1) is 5.02 Å². The summed E-state index contributed by atoms with van der Waals surface area (Å²) in [7, 11) is 0. The van der Waals surface area contributed by atoms with Gasteiger partial charge in [0, 0.05) is 16.8 Å². The zero-order chi connectivity index (χ0) is 12.8. The van der Waals surface area contributed by atoms with Crippen LogP contribution in [0.25, 0.3) is 0 Å². The first-order chi connectivity index (χ1) is 8.08. The lowest BCUT2D eigenvalue weighted by Crippen LogP contribution is -1.97. The van der Waals surface area contributed by atoms with Gasteiger partial charge < -0.3 is 5.73 Å². The van der Waals surface area contributed by atoms with Gasteiger partial charge in [0.15, 0.2) is 5.70 Å². The average Bonchev–Trinajstić information content (AvgIpc) is 2.31. The number of hydrogen-bond acceptors (Lipinski definition) is 4. The molecule has 1 aromatic rings. The highest BCUT2D eigenvalue weighted by atomic mass is 35.5. The van der Waals surface area contributed by atoms with Crippen molar-refractivity contribution < 1.29 is 0 Å². The van der Waals surface area contributed by atoms with Crippen LogP contribution in [0.1, 0.15) is 5.56 Å². The molecule has 0 aliphatic heterocycles. The van der Waals surface area contributed by atoms with Crippen molar-refractivity contribution >= 4 is 29.4 Å². The van der Waals surface area contributed by atoms with Crippen LogP contribution in [0.2, 0.25) is 10.0 Å². The van der Waals surface area contributed by atoms with Crippen molar-refractivity contribution in [1.29, 1.82) is 10.5 Å². The van der Waals surface area contributed by atoms with Gasteiger partial charge in [0.2, 0.25) is 0 Å². The van der Waals surface area contributed by atoms with Crippen LogP contribution in [0.15, 0.2) is 34.6 Å². The molecule has 0 radical (unpaired) electrons. The molecule has 0 unspecified atom stereocenters. The van der Waals surface area contributed by atoms with Crippen molar-refractivity contribution in [2.75, 3.05) is 0 Å². The molecule has 0 atom stereocenters. The van der Waals surface area contributed by atoms with Crippen LogP contribution in [0, 0.1) is 22.7 Å². The first-order valence-electron chi connectivity index (χ1n) is 4.37. The lowest BCUT2D eigenvalue weighted by Gasteiger charge is -1.97. The Kier molecular flexibility index (Phi) is 4.54. The Balaban J connectivity index is 3.08. The molecular weight excluding hydrogens is 259 g/mol. The zero-order valence-electron chi connectivity index (χ0n) is 8.48. The normalized spacial score (nSPS) is 11.8. The summed E-state index contributed by atoms with van der Waals surface area (Å²) in [5.41, 5.74) is 5.46. The van der Waals surface area contributed by atoms with E-state index in [-0.39, 0.29) is 11.4 Å². The Bertz CT molecular complexity index is 576. The van der Waals surface area contributed by atoms with Gasteiger partial charge in [0.1, 0.15) is 17.8 Å². The molecule has 0 aromatic heterocycles. The topological polar surface area (TPSA) is 86.0 Å². The molecule has 0 heterocycles. The fourth-order valence-corrected chi connectivity index (χ4v) is 1.41. The second-order valence-electron chi connectivity index (χ2n) is 2.91.